The maximum atomic E-state index is 11.7. The first-order valence-corrected chi connectivity index (χ1v) is 15.5. The van der Waals surface area contributed by atoms with Crippen LogP contribution in [0.3, 0.4) is 0 Å². The number of hydrogen-bond acceptors (Lipinski definition) is 3. The zero-order chi connectivity index (χ0) is 24.5. The van der Waals surface area contributed by atoms with Gasteiger partial charge in [-0.3, -0.25) is 9.69 Å². The maximum absolute atomic E-state index is 11.7. The molecule has 2 aromatic rings. The lowest BCUT2D eigenvalue weighted by Gasteiger charge is -2.55. The van der Waals surface area contributed by atoms with E-state index in [1.807, 2.05) is 0 Å². The van der Waals surface area contributed by atoms with Crippen LogP contribution in [0.15, 0.2) is 72.3 Å². The van der Waals surface area contributed by atoms with Crippen molar-refractivity contribution in [2.75, 3.05) is 13.2 Å². The Morgan fingerprint density at radius 3 is 2.14 bits per heavy atom. The Labute approximate surface area is 212 Å². The zero-order valence-corrected chi connectivity index (χ0v) is 22.7. The van der Waals surface area contributed by atoms with E-state index < -0.39 is 8.32 Å². The molecule has 1 spiro atoms. The number of fused-ring (bicyclic) bond motifs is 2. The first kappa shape index (κ1) is 24.7. The Bertz CT molecular complexity index is 1010. The predicted molar refractivity (Wildman–Crippen MR) is 147 cm³/mol. The maximum Gasteiger partial charge on any atom is 0.261 e. The third kappa shape index (κ3) is 4.28. The Balaban J connectivity index is 1.51. The molecule has 2 aliphatic heterocycles. The van der Waals surface area contributed by atoms with Crippen molar-refractivity contribution in [1.29, 1.82) is 0 Å². The van der Waals surface area contributed by atoms with Crippen molar-refractivity contribution in [2.45, 2.75) is 82.3 Å². The van der Waals surface area contributed by atoms with Gasteiger partial charge in [-0.2, -0.15) is 0 Å². The molecule has 0 unspecified atom stereocenters. The smallest absolute Gasteiger partial charge is 0.261 e. The summed E-state index contributed by atoms with van der Waals surface area (Å²) in [5, 5.41) is 2.71. The molecule has 0 amide bonds. The van der Waals surface area contributed by atoms with E-state index in [2.05, 4.69) is 92.4 Å². The van der Waals surface area contributed by atoms with E-state index in [1.54, 1.807) is 0 Å². The molecule has 4 heteroatoms. The summed E-state index contributed by atoms with van der Waals surface area (Å²) in [6.45, 7) is 8.73. The van der Waals surface area contributed by atoms with Gasteiger partial charge in [-0.05, 0) is 53.4 Å². The molecular formula is C31H41NO2Si. The molecule has 3 atom stereocenters. The lowest BCUT2D eigenvalue weighted by atomic mass is 9.74. The van der Waals surface area contributed by atoms with Gasteiger partial charge in [0, 0.05) is 30.3 Å². The van der Waals surface area contributed by atoms with E-state index >= 15 is 0 Å². The Morgan fingerprint density at radius 2 is 1.57 bits per heavy atom. The minimum atomic E-state index is -2.55. The molecule has 186 valence electrons. The van der Waals surface area contributed by atoms with Crippen molar-refractivity contribution in [3.8, 4) is 0 Å². The average molecular weight is 488 g/mol. The van der Waals surface area contributed by atoms with E-state index in [4.69, 9.17) is 4.43 Å². The van der Waals surface area contributed by atoms with Crippen LogP contribution in [-0.4, -0.2) is 44.2 Å². The summed E-state index contributed by atoms with van der Waals surface area (Å²) in [6, 6.07) is 22.6. The topological polar surface area (TPSA) is 29.5 Å². The van der Waals surface area contributed by atoms with Crippen molar-refractivity contribution in [1.82, 2.24) is 4.90 Å². The molecule has 3 nitrogen and oxygen atoms in total. The lowest BCUT2D eigenvalue weighted by molar-refractivity contribution is -0.106. The van der Waals surface area contributed by atoms with Gasteiger partial charge in [-0.15, -0.1) is 0 Å². The summed E-state index contributed by atoms with van der Waals surface area (Å²) in [6.07, 6.45) is 11.8. The van der Waals surface area contributed by atoms with Gasteiger partial charge < -0.3 is 4.43 Å². The van der Waals surface area contributed by atoms with Crippen LogP contribution in [0.5, 0.6) is 0 Å². The van der Waals surface area contributed by atoms with Crippen LogP contribution in [0.25, 0.3) is 0 Å². The van der Waals surface area contributed by atoms with Crippen molar-refractivity contribution >= 4 is 25.0 Å². The summed E-state index contributed by atoms with van der Waals surface area (Å²) < 4.78 is 7.44. The van der Waals surface area contributed by atoms with Crippen LogP contribution in [0.2, 0.25) is 5.04 Å². The van der Waals surface area contributed by atoms with E-state index in [9.17, 15) is 4.79 Å². The summed E-state index contributed by atoms with van der Waals surface area (Å²) >= 11 is 0. The van der Waals surface area contributed by atoms with Crippen molar-refractivity contribution < 1.29 is 9.22 Å². The van der Waals surface area contributed by atoms with E-state index in [-0.39, 0.29) is 10.6 Å². The van der Waals surface area contributed by atoms with Crippen LogP contribution in [-0.2, 0) is 9.22 Å². The van der Waals surface area contributed by atoms with E-state index in [0.717, 1.165) is 31.4 Å². The molecular weight excluding hydrogens is 446 g/mol. The number of hydrogen-bond donors (Lipinski definition) is 0. The number of aldehydes is 1. The summed E-state index contributed by atoms with van der Waals surface area (Å²) in [7, 11) is -2.55. The Morgan fingerprint density at radius 1 is 0.971 bits per heavy atom. The molecule has 35 heavy (non-hydrogen) atoms. The van der Waals surface area contributed by atoms with E-state index in [0.29, 0.717) is 12.0 Å². The summed E-state index contributed by atoms with van der Waals surface area (Å²) in [5.74, 6) is 0.512. The highest BCUT2D eigenvalue weighted by Gasteiger charge is 2.54. The summed E-state index contributed by atoms with van der Waals surface area (Å²) in [5.41, 5.74) is 1.15. The number of carbonyl (C=O) groups excluding carboxylic acids is 1. The highest BCUT2D eigenvalue weighted by Crippen LogP contribution is 2.50. The molecule has 1 saturated heterocycles. The SMILES string of the molecule is CC(C)(C)[Si](OC[C@H]1CCC[C@]12CCC[C@@H]1CC=C(C=O)CN12)(c1ccccc1)c1ccccc1. The molecule has 2 fully saturated rings. The molecule has 0 radical (unpaired) electrons. The molecule has 3 aliphatic rings. The fourth-order valence-electron chi connectivity index (χ4n) is 7.53. The summed E-state index contributed by atoms with van der Waals surface area (Å²) in [4.78, 5) is 14.4. The highest BCUT2D eigenvalue weighted by atomic mass is 28.4. The minimum Gasteiger partial charge on any atom is -0.407 e. The van der Waals surface area contributed by atoms with Crippen LogP contribution >= 0.6 is 0 Å². The van der Waals surface area contributed by atoms with Gasteiger partial charge in [-0.1, -0.05) is 100 Å². The molecule has 1 saturated carbocycles. The van der Waals surface area contributed by atoms with Crippen LogP contribution in [0.4, 0.5) is 0 Å². The number of nitrogens with zero attached hydrogens (tertiary/aromatic N) is 1. The van der Waals surface area contributed by atoms with Crippen LogP contribution < -0.4 is 10.4 Å². The average Bonchev–Trinajstić information content (AvgIpc) is 3.27. The number of carbonyl (C=O) groups is 1. The Hall–Kier alpha value is -2.01. The van der Waals surface area contributed by atoms with Gasteiger partial charge in [0.25, 0.3) is 8.32 Å². The molecule has 0 N–H and O–H groups in total. The first-order valence-electron chi connectivity index (χ1n) is 13.6. The normalized spacial score (nSPS) is 27.5. The van der Waals surface area contributed by atoms with Crippen molar-refractivity contribution in [3.63, 3.8) is 0 Å². The predicted octanol–water partition coefficient (Wildman–Crippen LogP) is 5.49. The molecule has 2 heterocycles. The minimum absolute atomic E-state index is 0.00484. The van der Waals surface area contributed by atoms with Crippen LogP contribution in [0.1, 0.15) is 65.7 Å². The van der Waals surface area contributed by atoms with Gasteiger partial charge in [-0.25, -0.2) is 0 Å². The molecule has 0 bridgehead atoms. The van der Waals surface area contributed by atoms with Gasteiger partial charge in [0.2, 0.25) is 0 Å². The second-order valence-electron chi connectivity index (χ2n) is 12.0. The first-order chi connectivity index (χ1) is 16.9. The van der Waals surface area contributed by atoms with Crippen molar-refractivity contribution in [3.05, 3.63) is 72.3 Å². The van der Waals surface area contributed by atoms with E-state index in [1.165, 1.54) is 48.9 Å². The quantitative estimate of drug-likeness (QED) is 0.399. The second kappa shape index (κ2) is 9.80. The molecule has 5 rings (SSSR count). The molecule has 1 aliphatic carbocycles. The lowest BCUT2D eigenvalue weighted by Crippen LogP contribution is -2.68. The monoisotopic (exact) mass is 487 g/mol. The standard InChI is InChI=1S/C31H41NO2Si/c1-30(2,3)35(28-14-6-4-7-15-28,29-16-8-5-9-17-29)34-24-26-12-10-20-31(26)21-11-13-27-19-18-25(23-33)22-32(27)31/h4-9,14-18,23,26-27H,10-13,19-22,24H2,1-3H3/t26-,27-,31+/m1/s1. The number of benzene rings is 2. The van der Waals surface area contributed by atoms with Gasteiger partial charge >= 0.3 is 0 Å². The second-order valence-corrected chi connectivity index (χ2v) is 16.3. The number of piperidine rings is 1. The fraction of sp³-hybridized carbons (Fsp3) is 0.516. The van der Waals surface area contributed by atoms with Gasteiger partial charge in [0.05, 0.1) is 0 Å². The van der Waals surface area contributed by atoms with Gasteiger partial charge in [0.1, 0.15) is 6.29 Å². The number of rotatable bonds is 6. The molecule has 2 aromatic carbocycles. The molecule has 0 aromatic heterocycles. The Kier molecular flexibility index (Phi) is 6.91. The van der Waals surface area contributed by atoms with Crippen molar-refractivity contribution in [2.24, 2.45) is 5.92 Å². The third-order valence-electron chi connectivity index (χ3n) is 9.16. The fourth-order valence-corrected chi connectivity index (χ4v) is 12.1. The largest absolute Gasteiger partial charge is 0.407 e. The van der Waals surface area contributed by atoms with Gasteiger partial charge in [0.15, 0.2) is 0 Å². The highest BCUT2D eigenvalue weighted by molar-refractivity contribution is 6.99. The van der Waals surface area contributed by atoms with Crippen LogP contribution in [0, 0.1) is 5.92 Å². The zero-order valence-electron chi connectivity index (χ0n) is 21.7. The third-order valence-corrected chi connectivity index (χ3v) is 14.2.